The lowest BCUT2D eigenvalue weighted by atomic mass is 9.94. The van der Waals surface area contributed by atoms with Crippen molar-refractivity contribution in [2.45, 2.75) is 77.0 Å². The predicted molar refractivity (Wildman–Crippen MR) is 76.5 cm³/mol. The molecular weight excluding hydrogens is 216 g/mol. The Morgan fingerprint density at radius 3 is 0.889 bits per heavy atom. The molecule has 0 amide bonds. The van der Waals surface area contributed by atoms with Gasteiger partial charge in [-0.1, -0.05) is 33.4 Å². The molecule has 0 N–H and O–H groups in total. The van der Waals surface area contributed by atoms with Crippen LogP contribution in [-0.4, -0.2) is 0 Å². The molecule has 4 aliphatic rings. The van der Waals surface area contributed by atoms with Crippen LogP contribution in [0, 0.1) is 0 Å². The first-order valence-corrected chi connectivity index (χ1v) is 7.99. The molecule has 0 aromatic heterocycles. The monoisotopic (exact) mass is 240 g/mol. The van der Waals surface area contributed by atoms with Crippen molar-refractivity contribution in [2.75, 3.05) is 0 Å². The minimum atomic E-state index is 1.37. The van der Waals surface area contributed by atoms with E-state index in [2.05, 4.69) is 0 Å². The van der Waals surface area contributed by atoms with Crippen LogP contribution in [0.4, 0.5) is 0 Å². The van der Waals surface area contributed by atoms with Crippen molar-refractivity contribution in [3.05, 3.63) is 33.4 Å². The molecule has 0 nitrogen and oxygen atoms in total. The van der Waals surface area contributed by atoms with Gasteiger partial charge in [-0.05, 0) is 77.0 Å². The second-order valence-corrected chi connectivity index (χ2v) is 6.74. The van der Waals surface area contributed by atoms with Gasteiger partial charge in [0, 0.05) is 0 Å². The molecule has 0 spiro atoms. The first kappa shape index (κ1) is 11.1. The predicted octanol–water partition coefficient (Wildman–Crippen LogP) is 5.61. The topological polar surface area (TPSA) is 0 Å². The normalized spacial score (nSPS) is 28.0. The summed E-state index contributed by atoms with van der Waals surface area (Å²) in [5.74, 6) is 0. The van der Waals surface area contributed by atoms with E-state index < -0.39 is 0 Å². The zero-order valence-electron chi connectivity index (χ0n) is 11.5. The summed E-state index contributed by atoms with van der Waals surface area (Å²) in [6, 6.07) is 0. The Kier molecular flexibility index (Phi) is 2.71. The molecule has 4 rings (SSSR count). The second kappa shape index (κ2) is 4.40. The van der Waals surface area contributed by atoms with Gasteiger partial charge >= 0.3 is 0 Å². The van der Waals surface area contributed by atoms with Crippen LogP contribution in [0.25, 0.3) is 0 Å². The van der Waals surface area contributed by atoms with Gasteiger partial charge < -0.3 is 0 Å². The highest BCUT2D eigenvalue weighted by Gasteiger charge is 2.27. The minimum Gasteiger partial charge on any atom is -0.0666 e. The molecule has 0 aromatic rings. The lowest BCUT2D eigenvalue weighted by Gasteiger charge is -2.12. The molecular formula is C18H24. The maximum atomic E-state index is 1.84. The van der Waals surface area contributed by atoms with Crippen LogP contribution in [-0.2, 0) is 0 Å². The van der Waals surface area contributed by atoms with Gasteiger partial charge in [0.05, 0.1) is 0 Å². The summed E-state index contributed by atoms with van der Waals surface area (Å²) in [7, 11) is 0. The average molecular weight is 240 g/mol. The van der Waals surface area contributed by atoms with Crippen molar-refractivity contribution in [1.29, 1.82) is 0 Å². The molecule has 0 unspecified atom stereocenters. The van der Waals surface area contributed by atoms with Crippen LogP contribution < -0.4 is 0 Å². The Labute approximate surface area is 111 Å². The standard InChI is InChI=1S/C18H24/c1-2-6-14-10-17(9-13(14)5-1)18-11-15-7-3-4-8-16(15)12-18/h1-12H2. The minimum absolute atomic E-state index is 1.37. The van der Waals surface area contributed by atoms with Crippen molar-refractivity contribution < 1.29 is 0 Å². The molecule has 0 heteroatoms. The fraction of sp³-hybridized carbons (Fsp3) is 0.667. The third-order valence-corrected chi connectivity index (χ3v) is 5.62. The third-order valence-electron chi connectivity index (χ3n) is 5.62. The molecule has 0 bridgehead atoms. The van der Waals surface area contributed by atoms with Gasteiger partial charge in [0.2, 0.25) is 0 Å². The maximum Gasteiger partial charge on any atom is -0.00995 e. The largest absolute Gasteiger partial charge is 0.0666 e. The van der Waals surface area contributed by atoms with E-state index in [-0.39, 0.29) is 0 Å². The van der Waals surface area contributed by atoms with Gasteiger partial charge in [-0.15, -0.1) is 0 Å². The first-order chi connectivity index (χ1) is 8.90. The summed E-state index contributed by atoms with van der Waals surface area (Å²) in [6.07, 6.45) is 16.9. The van der Waals surface area contributed by atoms with Crippen LogP contribution in [0.1, 0.15) is 77.0 Å². The van der Waals surface area contributed by atoms with E-state index in [0.29, 0.717) is 0 Å². The first-order valence-electron chi connectivity index (χ1n) is 7.99. The average Bonchev–Trinajstić information content (AvgIpc) is 3.02. The van der Waals surface area contributed by atoms with Gasteiger partial charge in [0.25, 0.3) is 0 Å². The fourth-order valence-electron chi connectivity index (χ4n) is 4.57. The second-order valence-electron chi connectivity index (χ2n) is 6.74. The van der Waals surface area contributed by atoms with Crippen LogP contribution in [0.2, 0.25) is 0 Å². The molecule has 18 heavy (non-hydrogen) atoms. The summed E-state index contributed by atoms with van der Waals surface area (Å²) in [5.41, 5.74) is 11.1. The highest BCUT2D eigenvalue weighted by molar-refractivity contribution is 5.44. The van der Waals surface area contributed by atoms with E-state index in [1.54, 1.807) is 0 Å². The van der Waals surface area contributed by atoms with Crippen LogP contribution in [0.5, 0.6) is 0 Å². The summed E-state index contributed by atoms with van der Waals surface area (Å²) in [4.78, 5) is 0. The van der Waals surface area contributed by atoms with Gasteiger partial charge in [-0.2, -0.15) is 0 Å². The SMILES string of the molecule is C1CCC2=C(C1)CC(=C1CC3=C(CCCC3)C1)C2. The Morgan fingerprint density at radius 1 is 0.333 bits per heavy atom. The van der Waals surface area contributed by atoms with Crippen molar-refractivity contribution >= 4 is 0 Å². The van der Waals surface area contributed by atoms with Gasteiger partial charge in [0.15, 0.2) is 0 Å². The zero-order valence-corrected chi connectivity index (χ0v) is 11.5. The van der Waals surface area contributed by atoms with Gasteiger partial charge in [-0.3, -0.25) is 0 Å². The summed E-state index contributed by atoms with van der Waals surface area (Å²) in [5, 5.41) is 0. The van der Waals surface area contributed by atoms with Crippen molar-refractivity contribution in [2.24, 2.45) is 0 Å². The Balaban J connectivity index is 1.54. The lowest BCUT2D eigenvalue weighted by molar-refractivity contribution is 0.672. The molecule has 0 radical (unpaired) electrons. The van der Waals surface area contributed by atoms with E-state index in [4.69, 9.17) is 0 Å². The smallest absolute Gasteiger partial charge is 0.00995 e. The van der Waals surface area contributed by atoms with E-state index in [1.807, 2.05) is 33.4 Å². The van der Waals surface area contributed by atoms with E-state index in [0.717, 1.165) is 0 Å². The van der Waals surface area contributed by atoms with Crippen LogP contribution in [0.3, 0.4) is 0 Å². The molecule has 4 aliphatic carbocycles. The molecule has 96 valence electrons. The van der Waals surface area contributed by atoms with Crippen molar-refractivity contribution in [3.8, 4) is 0 Å². The van der Waals surface area contributed by atoms with Gasteiger partial charge in [0.1, 0.15) is 0 Å². The molecule has 0 saturated carbocycles. The summed E-state index contributed by atoms with van der Waals surface area (Å²) >= 11 is 0. The zero-order chi connectivity index (χ0) is 11.9. The number of rotatable bonds is 0. The molecule has 0 aromatic carbocycles. The van der Waals surface area contributed by atoms with E-state index >= 15 is 0 Å². The molecule has 0 heterocycles. The van der Waals surface area contributed by atoms with E-state index in [9.17, 15) is 0 Å². The van der Waals surface area contributed by atoms with Gasteiger partial charge in [-0.25, -0.2) is 0 Å². The summed E-state index contributed by atoms with van der Waals surface area (Å²) < 4.78 is 0. The molecule has 0 saturated heterocycles. The maximum absolute atomic E-state index is 1.84. The number of hydrogen-bond acceptors (Lipinski definition) is 0. The Bertz CT molecular complexity index is 386. The highest BCUT2D eigenvalue weighted by atomic mass is 14.3. The quantitative estimate of drug-likeness (QED) is 0.483. The Hall–Kier alpha value is -0.780. The molecule has 0 atom stereocenters. The van der Waals surface area contributed by atoms with Crippen molar-refractivity contribution in [1.82, 2.24) is 0 Å². The molecule has 0 fully saturated rings. The van der Waals surface area contributed by atoms with E-state index in [1.165, 1.54) is 77.0 Å². The number of allylic oxidation sites excluding steroid dienone is 6. The van der Waals surface area contributed by atoms with Crippen LogP contribution in [0.15, 0.2) is 33.4 Å². The van der Waals surface area contributed by atoms with Crippen molar-refractivity contribution in [3.63, 3.8) is 0 Å². The number of hydrogen-bond donors (Lipinski definition) is 0. The fourth-order valence-corrected chi connectivity index (χ4v) is 4.57. The highest BCUT2D eigenvalue weighted by Crippen LogP contribution is 2.47. The summed E-state index contributed by atoms with van der Waals surface area (Å²) in [6.45, 7) is 0. The Morgan fingerprint density at radius 2 is 0.611 bits per heavy atom. The third kappa shape index (κ3) is 1.81. The lowest BCUT2D eigenvalue weighted by Crippen LogP contribution is -1.92. The molecule has 0 aliphatic heterocycles. The van der Waals surface area contributed by atoms with Crippen LogP contribution >= 0.6 is 0 Å².